The third-order valence-corrected chi connectivity index (χ3v) is 5.78. The maximum Gasteiger partial charge on any atom is 0.264 e. The normalized spacial score (nSPS) is 22.6. The van der Waals surface area contributed by atoms with Crippen molar-refractivity contribution in [1.29, 1.82) is 0 Å². The third kappa shape index (κ3) is 3.40. The maximum absolute atomic E-state index is 13.7. The number of benzene rings is 1. The van der Waals surface area contributed by atoms with Gasteiger partial charge in [-0.15, -0.1) is 0 Å². The van der Waals surface area contributed by atoms with Gasteiger partial charge in [0.15, 0.2) is 0 Å². The highest BCUT2D eigenvalue weighted by Crippen LogP contribution is 2.30. The van der Waals surface area contributed by atoms with Gasteiger partial charge in [-0.3, -0.25) is 4.79 Å². The number of carbonyl (C=O) groups excluding carboxylic acids is 1. The van der Waals surface area contributed by atoms with Gasteiger partial charge in [0, 0.05) is 28.2 Å². The van der Waals surface area contributed by atoms with E-state index < -0.39 is 19.8 Å². The highest BCUT2D eigenvalue weighted by Gasteiger charge is 2.31. The van der Waals surface area contributed by atoms with Gasteiger partial charge in [0.1, 0.15) is 10.7 Å². The molecule has 1 amide bonds. The summed E-state index contributed by atoms with van der Waals surface area (Å²) in [4.78, 5) is 13.4. The first kappa shape index (κ1) is 16.7. The molecule has 116 valence electrons. The van der Waals surface area contributed by atoms with Crippen molar-refractivity contribution < 1.29 is 17.6 Å². The average Bonchev–Trinajstić information content (AvgIpc) is 2.67. The minimum atomic E-state index is -4.25. The number of halogens is 3. The van der Waals surface area contributed by atoms with E-state index in [4.69, 9.17) is 10.7 Å². The third-order valence-electron chi connectivity index (χ3n) is 3.79. The second-order valence-corrected chi connectivity index (χ2v) is 8.75. The molecule has 1 aliphatic heterocycles. The van der Waals surface area contributed by atoms with Crippen LogP contribution in [0, 0.1) is 17.7 Å². The van der Waals surface area contributed by atoms with E-state index in [1.54, 1.807) is 4.90 Å². The molecule has 0 radical (unpaired) electrons. The summed E-state index contributed by atoms with van der Waals surface area (Å²) in [6, 6.07) is 1.93. The monoisotopic (exact) mass is 397 g/mol. The van der Waals surface area contributed by atoms with Gasteiger partial charge >= 0.3 is 0 Å². The van der Waals surface area contributed by atoms with Crippen LogP contribution in [0.3, 0.4) is 0 Å². The topological polar surface area (TPSA) is 54.5 Å². The Bertz CT molecular complexity index is 685. The molecule has 1 aromatic rings. The molecule has 1 saturated heterocycles. The Kier molecular flexibility index (Phi) is 4.66. The first-order valence-corrected chi connectivity index (χ1v) is 9.44. The minimum Gasteiger partial charge on any atom is -0.338 e. The van der Waals surface area contributed by atoms with E-state index in [2.05, 4.69) is 15.9 Å². The van der Waals surface area contributed by atoms with Crippen LogP contribution in [0.5, 0.6) is 0 Å². The second-order valence-electron chi connectivity index (χ2n) is 5.37. The van der Waals surface area contributed by atoms with Crippen molar-refractivity contribution in [2.45, 2.75) is 18.7 Å². The molecule has 2 unspecified atom stereocenters. The first-order chi connectivity index (χ1) is 9.61. The van der Waals surface area contributed by atoms with Crippen LogP contribution in [0.25, 0.3) is 0 Å². The summed E-state index contributed by atoms with van der Waals surface area (Å²) in [5.41, 5.74) is 0.0944. The zero-order chi connectivity index (χ0) is 15.9. The molecule has 8 heteroatoms. The van der Waals surface area contributed by atoms with Crippen molar-refractivity contribution in [3.63, 3.8) is 0 Å². The lowest BCUT2D eigenvalue weighted by atomic mass is 10.0. The molecule has 4 nitrogen and oxygen atoms in total. The van der Waals surface area contributed by atoms with Gasteiger partial charge in [-0.2, -0.15) is 0 Å². The maximum atomic E-state index is 13.7. The fraction of sp³-hybridized carbons (Fsp3) is 0.462. The Balaban J connectivity index is 2.43. The van der Waals surface area contributed by atoms with Gasteiger partial charge in [0.2, 0.25) is 0 Å². The van der Waals surface area contributed by atoms with Crippen molar-refractivity contribution in [2.75, 3.05) is 13.1 Å². The van der Waals surface area contributed by atoms with E-state index in [0.717, 1.165) is 12.1 Å². The Morgan fingerprint density at radius 3 is 2.33 bits per heavy atom. The van der Waals surface area contributed by atoms with Gasteiger partial charge in [-0.1, -0.05) is 13.8 Å². The molecule has 0 N–H and O–H groups in total. The van der Waals surface area contributed by atoms with Crippen LogP contribution in [0.15, 0.2) is 21.5 Å². The number of likely N-dealkylation sites (tertiary alicyclic amines) is 1. The smallest absolute Gasteiger partial charge is 0.264 e. The van der Waals surface area contributed by atoms with Gasteiger partial charge in [0.25, 0.3) is 15.0 Å². The van der Waals surface area contributed by atoms with Gasteiger partial charge in [-0.25, -0.2) is 12.8 Å². The zero-order valence-corrected chi connectivity index (χ0v) is 14.6. The fourth-order valence-corrected chi connectivity index (χ4v) is 3.74. The van der Waals surface area contributed by atoms with Crippen LogP contribution in [0.1, 0.15) is 24.2 Å². The molecule has 0 saturated carbocycles. The molecule has 0 aliphatic carbocycles. The van der Waals surface area contributed by atoms with Crippen molar-refractivity contribution >= 4 is 41.6 Å². The van der Waals surface area contributed by atoms with Gasteiger partial charge in [0.05, 0.1) is 5.56 Å². The zero-order valence-electron chi connectivity index (χ0n) is 11.4. The second kappa shape index (κ2) is 5.85. The van der Waals surface area contributed by atoms with Crippen LogP contribution in [0.2, 0.25) is 0 Å². The Morgan fingerprint density at radius 1 is 1.33 bits per heavy atom. The Hall–Kier alpha value is -0.660. The van der Waals surface area contributed by atoms with Crippen molar-refractivity contribution in [3.8, 4) is 0 Å². The lowest BCUT2D eigenvalue weighted by Crippen LogP contribution is -2.29. The molecule has 1 fully saturated rings. The molecular weight excluding hydrogens is 385 g/mol. The van der Waals surface area contributed by atoms with Gasteiger partial charge in [-0.05, 0) is 39.9 Å². The van der Waals surface area contributed by atoms with Crippen LogP contribution in [-0.2, 0) is 9.05 Å². The highest BCUT2D eigenvalue weighted by molar-refractivity contribution is 9.10. The molecule has 1 heterocycles. The van der Waals surface area contributed by atoms with Crippen LogP contribution in [0.4, 0.5) is 4.39 Å². The van der Waals surface area contributed by atoms with E-state index in [1.807, 2.05) is 13.8 Å². The van der Waals surface area contributed by atoms with Crippen LogP contribution < -0.4 is 0 Å². The number of hydrogen-bond donors (Lipinski definition) is 0. The van der Waals surface area contributed by atoms with E-state index in [9.17, 15) is 17.6 Å². The quantitative estimate of drug-likeness (QED) is 0.719. The number of carbonyl (C=O) groups is 1. The number of nitrogens with zero attached hydrogens (tertiary/aromatic N) is 1. The summed E-state index contributed by atoms with van der Waals surface area (Å²) >= 11 is 3.10. The summed E-state index contributed by atoms with van der Waals surface area (Å²) in [7, 11) is 0.945. The Labute approximate surface area is 135 Å². The predicted molar refractivity (Wildman–Crippen MR) is 81.4 cm³/mol. The number of hydrogen-bond acceptors (Lipinski definition) is 3. The van der Waals surface area contributed by atoms with Crippen LogP contribution in [-0.4, -0.2) is 32.3 Å². The lowest BCUT2D eigenvalue weighted by molar-refractivity contribution is 0.0783. The first-order valence-electron chi connectivity index (χ1n) is 6.34. The van der Waals surface area contributed by atoms with Crippen LogP contribution >= 0.6 is 26.6 Å². The summed E-state index contributed by atoms with van der Waals surface area (Å²) in [6.45, 7) is 5.28. The Morgan fingerprint density at radius 2 is 1.86 bits per heavy atom. The van der Waals surface area contributed by atoms with E-state index in [-0.39, 0.29) is 15.9 Å². The van der Waals surface area contributed by atoms with Crippen molar-refractivity contribution in [3.05, 3.63) is 28.0 Å². The van der Waals surface area contributed by atoms with Crippen molar-refractivity contribution in [2.24, 2.45) is 11.8 Å². The van der Waals surface area contributed by atoms with E-state index >= 15 is 0 Å². The molecular formula is C13H14BrClFNO3S. The van der Waals surface area contributed by atoms with Gasteiger partial charge < -0.3 is 4.90 Å². The molecule has 2 rings (SSSR count). The summed E-state index contributed by atoms with van der Waals surface area (Å²) in [5.74, 6) is -0.593. The predicted octanol–water partition coefficient (Wildman–Crippen LogP) is 3.24. The molecule has 0 bridgehead atoms. The molecule has 21 heavy (non-hydrogen) atoms. The largest absolute Gasteiger partial charge is 0.338 e. The number of amides is 1. The average molecular weight is 399 g/mol. The SMILES string of the molecule is CC1CN(C(=O)c2cc(S(=O)(=O)Cl)c(F)cc2Br)CC1C. The number of rotatable bonds is 2. The van der Waals surface area contributed by atoms with E-state index in [0.29, 0.717) is 24.9 Å². The lowest BCUT2D eigenvalue weighted by Gasteiger charge is -2.17. The highest BCUT2D eigenvalue weighted by atomic mass is 79.9. The minimum absolute atomic E-state index is 0.0944. The molecule has 0 spiro atoms. The standard InChI is InChI=1S/C13H14BrClFNO3S/c1-7-5-17(6-8(7)2)13(18)9-3-12(21(15,19)20)11(16)4-10(9)14/h3-4,7-8H,5-6H2,1-2H3. The molecule has 2 atom stereocenters. The molecule has 1 aromatic carbocycles. The molecule has 0 aromatic heterocycles. The fourth-order valence-electron chi connectivity index (χ4n) is 2.35. The summed E-state index contributed by atoms with van der Waals surface area (Å²) in [5, 5.41) is 0. The molecule has 1 aliphatic rings. The summed E-state index contributed by atoms with van der Waals surface area (Å²) in [6.07, 6.45) is 0. The summed E-state index contributed by atoms with van der Waals surface area (Å²) < 4.78 is 36.6. The van der Waals surface area contributed by atoms with E-state index in [1.165, 1.54) is 0 Å². The van der Waals surface area contributed by atoms with Crippen molar-refractivity contribution in [1.82, 2.24) is 4.90 Å².